The molecule has 5 rings (SSSR count). The lowest BCUT2D eigenvalue weighted by molar-refractivity contribution is -0.355. The third kappa shape index (κ3) is 6.47. The van der Waals surface area contributed by atoms with Gasteiger partial charge in [0.05, 0.1) is 6.61 Å². The van der Waals surface area contributed by atoms with Gasteiger partial charge in [-0.25, -0.2) is 0 Å². The average molecular weight is 555 g/mol. The van der Waals surface area contributed by atoms with Crippen molar-refractivity contribution >= 4 is 34.9 Å². The number of methoxy groups -OCH3 is 1. The first-order chi connectivity index (χ1) is 18.6. The van der Waals surface area contributed by atoms with Crippen LogP contribution >= 0.6 is 24.4 Å². The van der Waals surface area contributed by atoms with E-state index in [0.717, 1.165) is 5.56 Å². The van der Waals surface area contributed by atoms with E-state index < -0.39 is 37.0 Å². The van der Waals surface area contributed by atoms with Gasteiger partial charge in [-0.2, -0.15) is 0 Å². The van der Waals surface area contributed by atoms with Gasteiger partial charge >= 0.3 is 10.5 Å². The topological polar surface area (TPSA) is 73.8 Å². The van der Waals surface area contributed by atoms with Gasteiger partial charge < -0.3 is 37.9 Å². The molecular formula is C28H26O8S2. The van der Waals surface area contributed by atoms with Crippen LogP contribution in [0.1, 0.15) is 11.9 Å². The Labute approximate surface area is 231 Å². The summed E-state index contributed by atoms with van der Waals surface area (Å²) in [5.74, 6) is 1.05. The van der Waals surface area contributed by atoms with Gasteiger partial charge in [0.2, 0.25) is 0 Å². The van der Waals surface area contributed by atoms with Crippen LogP contribution in [0.3, 0.4) is 0 Å². The third-order valence-corrected chi connectivity index (χ3v) is 6.30. The van der Waals surface area contributed by atoms with Gasteiger partial charge in [0, 0.05) is 37.1 Å². The molecule has 0 amide bonds. The Hall–Kier alpha value is -3.12. The molecule has 0 N–H and O–H groups in total. The molecule has 0 bridgehead atoms. The summed E-state index contributed by atoms with van der Waals surface area (Å²) in [6, 6.07) is 27.7. The molecule has 8 nitrogen and oxygen atoms in total. The van der Waals surface area contributed by atoms with Crippen LogP contribution in [-0.2, 0) is 28.4 Å². The fraction of sp³-hybridized carbons (Fsp3) is 0.286. The fourth-order valence-electron chi connectivity index (χ4n) is 4.22. The zero-order valence-corrected chi connectivity index (χ0v) is 22.0. The lowest BCUT2D eigenvalue weighted by Gasteiger charge is -2.48. The van der Waals surface area contributed by atoms with Crippen molar-refractivity contribution in [3.8, 4) is 11.5 Å². The van der Waals surface area contributed by atoms with E-state index in [1.54, 1.807) is 24.3 Å². The van der Waals surface area contributed by atoms with Gasteiger partial charge in [-0.05, 0) is 24.3 Å². The lowest BCUT2D eigenvalue weighted by Crippen LogP contribution is -2.64. The summed E-state index contributed by atoms with van der Waals surface area (Å²) in [6.07, 6.45) is -4.50. The number of benzene rings is 3. The standard InChI is InChI=1S/C28H26O8S2/c1-29-26-24(36-28(38)32-20-15-9-4-10-16-20)23(35-27(37)31-19-13-7-3-8-14-19)22-21(33-26)17-30-25(34-22)18-11-5-2-6-12-18/h2-16,21-26H,17H2,1H3/t21-,22-,23+,24-,25-,26-/m1/s1. The van der Waals surface area contributed by atoms with Crippen molar-refractivity contribution in [3.05, 3.63) is 96.6 Å². The predicted octanol–water partition coefficient (Wildman–Crippen LogP) is 4.97. The van der Waals surface area contributed by atoms with Crippen molar-refractivity contribution in [2.24, 2.45) is 0 Å². The van der Waals surface area contributed by atoms with Crippen molar-refractivity contribution in [2.45, 2.75) is 37.0 Å². The van der Waals surface area contributed by atoms with Crippen LogP contribution in [0, 0.1) is 0 Å². The lowest BCUT2D eigenvalue weighted by atomic mass is 9.97. The molecule has 2 heterocycles. The van der Waals surface area contributed by atoms with Crippen LogP contribution in [0.5, 0.6) is 11.5 Å². The number of thiocarbonyl (C=S) groups is 2. The highest BCUT2D eigenvalue weighted by atomic mass is 32.1. The van der Waals surface area contributed by atoms with E-state index in [0.29, 0.717) is 11.5 Å². The quantitative estimate of drug-likeness (QED) is 0.390. The van der Waals surface area contributed by atoms with E-state index in [1.165, 1.54) is 7.11 Å². The molecule has 2 aliphatic rings. The van der Waals surface area contributed by atoms with Crippen LogP contribution in [0.15, 0.2) is 91.0 Å². The summed E-state index contributed by atoms with van der Waals surface area (Å²) in [5.41, 5.74) is 0.849. The molecule has 0 spiro atoms. The molecule has 38 heavy (non-hydrogen) atoms. The number of rotatable bonds is 6. The molecule has 0 saturated carbocycles. The van der Waals surface area contributed by atoms with Gasteiger partial charge in [-0.15, -0.1) is 0 Å². The first-order valence-electron chi connectivity index (χ1n) is 12.0. The van der Waals surface area contributed by atoms with E-state index in [4.69, 9.17) is 62.3 Å². The Morgan fingerprint density at radius 3 is 1.79 bits per heavy atom. The molecule has 2 saturated heterocycles. The highest BCUT2D eigenvalue weighted by Gasteiger charge is 2.54. The maximum absolute atomic E-state index is 6.36. The van der Waals surface area contributed by atoms with Gasteiger partial charge in [0.15, 0.2) is 24.8 Å². The summed E-state index contributed by atoms with van der Waals surface area (Å²) in [6.45, 7) is 0.230. The fourth-order valence-corrected chi connectivity index (χ4v) is 4.63. The first-order valence-corrected chi connectivity index (χ1v) is 12.8. The Morgan fingerprint density at radius 2 is 1.24 bits per heavy atom. The Morgan fingerprint density at radius 1 is 0.711 bits per heavy atom. The van der Waals surface area contributed by atoms with Crippen LogP contribution in [0.2, 0.25) is 0 Å². The van der Waals surface area contributed by atoms with E-state index in [9.17, 15) is 0 Å². The number of hydrogen-bond donors (Lipinski definition) is 0. The van der Waals surface area contributed by atoms with Gasteiger partial charge in [-0.3, -0.25) is 0 Å². The Kier molecular flexibility index (Phi) is 8.79. The van der Waals surface area contributed by atoms with Gasteiger partial charge in [0.1, 0.15) is 23.7 Å². The van der Waals surface area contributed by atoms with Crippen LogP contribution < -0.4 is 9.47 Å². The van der Waals surface area contributed by atoms with E-state index >= 15 is 0 Å². The van der Waals surface area contributed by atoms with E-state index in [-0.39, 0.29) is 17.1 Å². The van der Waals surface area contributed by atoms with Crippen LogP contribution in [-0.4, -0.2) is 54.9 Å². The van der Waals surface area contributed by atoms with Crippen molar-refractivity contribution in [1.82, 2.24) is 0 Å². The van der Waals surface area contributed by atoms with Crippen molar-refractivity contribution < 1.29 is 37.9 Å². The molecule has 0 aromatic heterocycles. The summed E-state index contributed by atoms with van der Waals surface area (Å²) >= 11 is 10.8. The SMILES string of the molecule is CO[C@@H]1O[C@@H]2CO[C@@H](c3ccccc3)O[C@H]2[C@H](OC(=S)Oc2ccccc2)[C@H]1OC(=S)Oc1ccccc1. The summed E-state index contributed by atoms with van der Waals surface area (Å²) < 4.78 is 47.7. The number of ether oxygens (including phenoxy) is 8. The van der Waals surface area contributed by atoms with Gasteiger partial charge in [0.25, 0.3) is 0 Å². The zero-order valence-electron chi connectivity index (χ0n) is 20.4. The highest BCUT2D eigenvalue weighted by molar-refractivity contribution is 7.80. The Balaban J connectivity index is 1.39. The van der Waals surface area contributed by atoms with Crippen LogP contribution in [0.25, 0.3) is 0 Å². The highest BCUT2D eigenvalue weighted by Crippen LogP contribution is 2.37. The molecule has 6 atom stereocenters. The summed E-state index contributed by atoms with van der Waals surface area (Å²) in [4.78, 5) is 0. The minimum Gasteiger partial charge on any atom is -0.446 e. The molecule has 0 aliphatic carbocycles. The minimum atomic E-state index is -0.913. The monoisotopic (exact) mass is 554 g/mol. The first kappa shape index (κ1) is 26.5. The second-order valence-corrected chi connectivity index (χ2v) is 9.12. The maximum Gasteiger partial charge on any atom is 0.358 e. The molecule has 3 aromatic carbocycles. The molecule has 3 aromatic rings. The van der Waals surface area contributed by atoms with Crippen molar-refractivity contribution in [3.63, 3.8) is 0 Å². The van der Waals surface area contributed by atoms with Crippen molar-refractivity contribution in [1.29, 1.82) is 0 Å². The minimum absolute atomic E-state index is 0.119. The molecule has 0 unspecified atom stereocenters. The maximum atomic E-state index is 6.36. The second kappa shape index (κ2) is 12.6. The van der Waals surface area contributed by atoms with Gasteiger partial charge in [-0.1, -0.05) is 66.7 Å². The van der Waals surface area contributed by atoms with E-state index in [1.807, 2.05) is 66.7 Å². The molecule has 198 valence electrons. The van der Waals surface area contributed by atoms with Crippen LogP contribution in [0.4, 0.5) is 0 Å². The summed E-state index contributed by atoms with van der Waals surface area (Å²) in [5, 5.41) is -0.257. The molecule has 2 fully saturated rings. The smallest absolute Gasteiger partial charge is 0.358 e. The zero-order chi connectivity index (χ0) is 26.3. The van der Waals surface area contributed by atoms with E-state index in [2.05, 4.69) is 0 Å². The largest absolute Gasteiger partial charge is 0.446 e. The molecule has 0 radical (unpaired) electrons. The summed E-state index contributed by atoms with van der Waals surface area (Å²) in [7, 11) is 1.50. The normalized spacial score (nSPS) is 26.4. The number of hydrogen-bond acceptors (Lipinski definition) is 10. The molecule has 2 aliphatic heterocycles. The number of fused-ring (bicyclic) bond motifs is 1. The Bertz CT molecular complexity index is 1200. The molecular weight excluding hydrogens is 528 g/mol. The average Bonchev–Trinajstić information content (AvgIpc) is 2.95. The third-order valence-electron chi connectivity index (χ3n) is 5.94. The second-order valence-electron chi connectivity index (χ2n) is 8.45. The predicted molar refractivity (Wildman–Crippen MR) is 145 cm³/mol. The molecule has 10 heteroatoms. The number of para-hydroxylation sites is 2. The van der Waals surface area contributed by atoms with Crippen molar-refractivity contribution in [2.75, 3.05) is 13.7 Å².